The van der Waals surface area contributed by atoms with Gasteiger partial charge in [-0.15, -0.1) is 11.3 Å². The molecule has 1 aliphatic rings. The number of carbonyl (C=O) groups is 2. The molecule has 2 heterocycles. The number of ether oxygens (including phenoxy) is 1. The van der Waals surface area contributed by atoms with Crippen molar-refractivity contribution in [1.29, 1.82) is 0 Å². The monoisotopic (exact) mass is 406 g/mol. The van der Waals surface area contributed by atoms with Crippen molar-refractivity contribution in [3.8, 4) is 11.1 Å². The predicted molar refractivity (Wildman–Crippen MR) is 106 cm³/mol. The number of likely N-dealkylation sites (tertiary alicyclic amines) is 1. The summed E-state index contributed by atoms with van der Waals surface area (Å²) >= 11 is 1.24. The average Bonchev–Trinajstić information content (AvgIpc) is 3.08. The molecule has 0 radical (unpaired) electrons. The smallest absolute Gasteiger partial charge is 0.341 e. The van der Waals surface area contributed by atoms with Gasteiger partial charge in [-0.2, -0.15) is 0 Å². The van der Waals surface area contributed by atoms with E-state index in [9.17, 15) is 19.1 Å². The summed E-state index contributed by atoms with van der Waals surface area (Å²) in [4.78, 5) is 27.0. The number of aliphatic hydroxyl groups is 1. The molecule has 150 valence electrons. The Morgan fingerprint density at radius 1 is 1.29 bits per heavy atom. The molecule has 0 atom stereocenters. The molecule has 2 aromatic rings. The number of thiophene rings is 1. The number of nitrogens with one attached hydrogen (secondary N) is 1. The molecule has 1 aromatic carbocycles. The maximum Gasteiger partial charge on any atom is 0.341 e. The van der Waals surface area contributed by atoms with Gasteiger partial charge in [0.2, 0.25) is 5.91 Å². The van der Waals surface area contributed by atoms with E-state index < -0.39 is 5.97 Å². The minimum Gasteiger partial charge on any atom is -0.462 e. The van der Waals surface area contributed by atoms with Gasteiger partial charge in [-0.05, 0) is 37.5 Å². The van der Waals surface area contributed by atoms with E-state index in [-0.39, 0.29) is 36.5 Å². The standard InChI is InChI=1S/C20H23FN2O4S/c1-2-27-20(26)18-16(13-3-5-14(21)6-4-13)12-28-19(18)22-17(25)11-23-9-7-15(24)8-10-23/h3-6,12,15,24H,2,7-11H2,1H3,(H,22,25). The summed E-state index contributed by atoms with van der Waals surface area (Å²) in [5, 5.41) is 14.6. The van der Waals surface area contributed by atoms with Crippen LogP contribution >= 0.6 is 11.3 Å². The van der Waals surface area contributed by atoms with Crippen molar-refractivity contribution in [2.45, 2.75) is 25.9 Å². The maximum absolute atomic E-state index is 13.2. The number of amides is 1. The van der Waals surface area contributed by atoms with Crippen LogP contribution < -0.4 is 5.32 Å². The van der Waals surface area contributed by atoms with Crippen LogP contribution in [0.25, 0.3) is 11.1 Å². The van der Waals surface area contributed by atoms with Gasteiger partial charge in [0.05, 0.1) is 19.3 Å². The first-order valence-corrected chi connectivity index (χ1v) is 10.1. The zero-order chi connectivity index (χ0) is 20.1. The van der Waals surface area contributed by atoms with Gasteiger partial charge in [-0.1, -0.05) is 12.1 Å². The Morgan fingerprint density at radius 2 is 1.96 bits per heavy atom. The summed E-state index contributed by atoms with van der Waals surface area (Å²) in [6, 6.07) is 5.82. The highest BCUT2D eigenvalue weighted by atomic mass is 32.1. The van der Waals surface area contributed by atoms with Crippen molar-refractivity contribution in [2.24, 2.45) is 0 Å². The molecular weight excluding hydrogens is 383 g/mol. The van der Waals surface area contributed by atoms with Gasteiger partial charge in [0, 0.05) is 24.0 Å². The number of esters is 1. The molecule has 1 aromatic heterocycles. The van der Waals surface area contributed by atoms with Crippen LogP contribution in [0.5, 0.6) is 0 Å². The molecule has 1 saturated heterocycles. The summed E-state index contributed by atoms with van der Waals surface area (Å²) in [5.41, 5.74) is 1.55. The van der Waals surface area contributed by atoms with E-state index in [0.717, 1.165) is 0 Å². The maximum atomic E-state index is 13.2. The molecule has 6 nitrogen and oxygen atoms in total. The van der Waals surface area contributed by atoms with Gasteiger partial charge in [0.1, 0.15) is 16.4 Å². The van der Waals surface area contributed by atoms with Gasteiger partial charge >= 0.3 is 5.97 Å². The molecule has 0 unspecified atom stereocenters. The lowest BCUT2D eigenvalue weighted by molar-refractivity contribution is -0.117. The summed E-state index contributed by atoms with van der Waals surface area (Å²) in [6.07, 6.45) is 0.995. The Morgan fingerprint density at radius 3 is 2.61 bits per heavy atom. The third kappa shape index (κ3) is 4.95. The summed E-state index contributed by atoms with van der Waals surface area (Å²) in [6.45, 7) is 3.43. The highest BCUT2D eigenvalue weighted by molar-refractivity contribution is 7.15. The van der Waals surface area contributed by atoms with Crippen LogP contribution in [0.2, 0.25) is 0 Å². The molecule has 28 heavy (non-hydrogen) atoms. The van der Waals surface area contributed by atoms with Crippen molar-refractivity contribution in [1.82, 2.24) is 4.90 Å². The first-order valence-electron chi connectivity index (χ1n) is 9.22. The lowest BCUT2D eigenvalue weighted by Crippen LogP contribution is -2.40. The second kappa shape index (κ2) is 9.27. The number of piperidine rings is 1. The van der Waals surface area contributed by atoms with Crippen LogP contribution in [0.3, 0.4) is 0 Å². The van der Waals surface area contributed by atoms with E-state index in [1.165, 1.54) is 23.5 Å². The average molecular weight is 406 g/mol. The van der Waals surface area contributed by atoms with Gasteiger partial charge in [0.25, 0.3) is 0 Å². The van der Waals surface area contributed by atoms with Gasteiger partial charge in [-0.25, -0.2) is 9.18 Å². The topological polar surface area (TPSA) is 78.9 Å². The quantitative estimate of drug-likeness (QED) is 0.721. The fourth-order valence-corrected chi connectivity index (χ4v) is 4.12. The van der Waals surface area contributed by atoms with Crippen molar-refractivity contribution in [3.63, 3.8) is 0 Å². The second-order valence-electron chi connectivity index (χ2n) is 6.64. The van der Waals surface area contributed by atoms with Crippen molar-refractivity contribution in [2.75, 3.05) is 31.6 Å². The Labute approximate surface area is 166 Å². The second-order valence-corrected chi connectivity index (χ2v) is 7.52. The van der Waals surface area contributed by atoms with E-state index in [4.69, 9.17) is 4.74 Å². The fourth-order valence-electron chi connectivity index (χ4n) is 3.14. The Bertz CT molecular complexity index is 829. The third-order valence-corrected chi connectivity index (χ3v) is 5.50. The zero-order valence-electron chi connectivity index (χ0n) is 15.6. The molecule has 0 spiro atoms. The number of anilines is 1. The number of hydrogen-bond acceptors (Lipinski definition) is 6. The third-order valence-electron chi connectivity index (χ3n) is 4.60. The highest BCUT2D eigenvalue weighted by Crippen LogP contribution is 2.36. The predicted octanol–water partition coefficient (Wildman–Crippen LogP) is 3.13. The first-order chi connectivity index (χ1) is 13.5. The number of halogens is 1. The zero-order valence-corrected chi connectivity index (χ0v) is 16.4. The lowest BCUT2D eigenvalue weighted by atomic mass is 10.0. The molecule has 3 rings (SSSR count). The number of hydrogen-bond donors (Lipinski definition) is 2. The van der Waals surface area contributed by atoms with E-state index >= 15 is 0 Å². The van der Waals surface area contributed by atoms with Crippen LogP contribution in [0.1, 0.15) is 30.1 Å². The molecule has 1 amide bonds. The number of rotatable bonds is 6. The van der Waals surface area contributed by atoms with Gasteiger partial charge in [-0.3, -0.25) is 9.69 Å². The number of benzene rings is 1. The largest absolute Gasteiger partial charge is 0.462 e. The van der Waals surface area contributed by atoms with Gasteiger partial charge < -0.3 is 15.2 Å². The number of carbonyl (C=O) groups excluding carboxylic acids is 2. The Hall–Kier alpha value is -2.29. The molecule has 0 saturated carbocycles. The van der Waals surface area contributed by atoms with Crippen LogP contribution in [-0.4, -0.2) is 54.2 Å². The van der Waals surface area contributed by atoms with Crippen molar-refractivity contribution < 1.29 is 23.8 Å². The van der Waals surface area contributed by atoms with E-state index in [1.807, 2.05) is 4.90 Å². The van der Waals surface area contributed by atoms with Crippen molar-refractivity contribution >= 4 is 28.2 Å². The molecule has 1 aliphatic heterocycles. The lowest BCUT2D eigenvalue weighted by Gasteiger charge is -2.28. The molecule has 0 aliphatic carbocycles. The minimum atomic E-state index is -0.528. The minimum absolute atomic E-state index is 0.193. The van der Waals surface area contributed by atoms with Crippen LogP contribution in [0.15, 0.2) is 29.6 Å². The highest BCUT2D eigenvalue weighted by Gasteiger charge is 2.24. The van der Waals surface area contributed by atoms with E-state index in [2.05, 4.69) is 5.32 Å². The first kappa shape index (κ1) is 20.4. The van der Waals surface area contributed by atoms with Crippen molar-refractivity contribution in [3.05, 3.63) is 41.0 Å². The molecule has 2 N–H and O–H groups in total. The number of aliphatic hydroxyl groups excluding tert-OH is 1. The molecule has 1 fully saturated rings. The van der Waals surface area contributed by atoms with Crippen LogP contribution in [-0.2, 0) is 9.53 Å². The Kier molecular flexibility index (Phi) is 6.77. The van der Waals surface area contributed by atoms with Crippen LogP contribution in [0.4, 0.5) is 9.39 Å². The molecular formula is C20H23FN2O4S. The Balaban J connectivity index is 1.79. The summed E-state index contributed by atoms with van der Waals surface area (Å²) < 4.78 is 18.4. The molecule has 0 bridgehead atoms. The summed E-state index contributed by atoms with van der Waals surface area (Å²) in [7, 11) is 0. The van der Waals surface area contributed by atoms with Crippen LogP contribution in [0, 0.1) is 5.82 Å². The van der Waals surface area contributed by atoms with Gasteiger partial charge in [0.15, 0.2) is 0 Å². The normalized spacial score (nSPS) is 15.4. The van der Waals surface area contributed by atoms with E-state index in [1.54, 1.807) is 24.4 Å². The number of nitrogens with zero attached hydrogens (tertiary/aromatic N) is 1. The summed E-state index contributed by atoms with van der Waals surface area (Å²) in [5.74, 6) is -1.12. The molecule has 8 heteroatoms. The SMILES string of the molecule is CCOC(=O)c1c(-c2ccc(F)cc2)csc1NC(=O)CN1CCC(O)CC1. The fraction of sp³-hybridized carbons (Fsp3) is 0.400. The van der Waals surface area contributed by atoms with E-state index in [0.29, 0.717) is 42.1 Å².